The lowest BCUT2D eigenvalue weighted by Gasteiger charge is -2.53. The molecule has 0 heterocycles. The Morgan fingerprint density at radius 1 is 1.28 bits per heavy atom. The molecule has 3 nitrogen and oxygen atoms in total. The van der Waals surface area contributed by atoms with Crippen LogP contribution < -0.4 is 0 Å². The van der Waals surface area contributed by atoms with Crippen molar-refractivity contribution >= 4 is 5.97 Å². The Labute approximate surface area is 154 Å². The second kappa shape index (κ2) is 8.24. The highest BCUT2D eigenvalue weighted by molar-refractivity contribution is 5.77. The molecule has 0 spiro atoms. The van der Waals surface area contributed by atoms with Crippen LogP contribution in [-0.2, 0) is 14.3 Å². The minimum absolute atomic E-state index is 0.0199. The number of fused-ring (bicyclic) bond motifs is 1. The summed E-state index contributed by atoms with van der Waals surface area (Å²) in [4.78, 5) is 12.6. The van der Waals surface area contributed by atoms with E-state index >= 15 is 0 Å². The van der Waals surface area contributed by atoms with Gasteiger partial charge in [0.25, 0.3) is 0 Å². The fourth-order valence-corrected chi connectivity index (χ4v) is 5.19. The van der Waals surface area contributed by atoms with Crippen LogP contribution in [0.25, 0.3) is 0 Å². The molecule has 2 aliphatic carbocycles. The summed E-state index contributed by atoms with van der Waals surface area (Å²) in [5, 5.41) is 0. The molecule has 2 aliphatic rings. The Morgan fingerprint density at radius 2 is 2.00 bits per heavy atom. The zero-order valence-electron chi connectivity index (χ0n) is 17.2. The van der Waals surface area contributed by atoms with Gasteiger partial charge < -0.3 is 9.47 Å². The number of hydrogen-bond acceptors (Lipinski definition) is 3. The summed E-state index contributed by atoms with van der Waals surface area (Å²) < 4.78 is 10.4. The number of esters is 1. The maximum Gasteiger partial charge on any atom is 0.312 e. The van der Waals surface area contributed by atoms with E-state index in [9.17, 15) is 4.79 Å². The van der Waals surface area contributed by atoms with Crippen LogP contribution in [-0.4, -0.2) is 26.8 Å². The van der Waals surface area contributed by atoms with Gasteiger partial charge in [0.1, 0.15) is 0 Å². The zero-order valence-corrected chi connectivity index (χ0v) is 17.2. The van der Waals surface area contributed by atoms with Gasteiger partial charge in [0.2, 0.25) is 0 Å². The molecule has 144 valence electrons. The van der Waals surface area contributed by atoms with Gasteiger partial charge in [-0.05, 0) is 75.0 Å². The molecular weight excluding hydrogens is 312 g/mol. The van der Waals surface area contributed by atoms with Gasteiger partial charge in [0, 0.05) is 13.7 Å². The summed E-state index contributed by atoms with van der Waals surface area (Å²) in [6.07, 6.45) is 10.3. The van der Waals surface area contributed by atoms with Crippen molar-refractivity contribution in [3.05, 3.63) is 11.6 Å². The number of allylic oxidation sites excluding steroid dienone is 2. The summed E-state index contributed by atoms with van der Waals surface area (Å²) in [5.41, 5.74) is 1.41. The molecule has 25 heavy (non-hydrogen) atoms. The number of rotatable bonds is 7. The Balaban J connectivity index is 2.19. The van der Waals surface area contributed by atoms with E-state index < -0.39 is 0 Å². The zero-order chi connectivity index (χ0) is 18.7. The van der Waals surface area contributed by atoms with Crippen LogP contribution in [0, 0.1) is 28.6 Å². The van der Waals surface area contributed by atoms with Crippen molar-refractivity contribution in [3.63, 3.8) is 0 Å². The van der Waals surface area contributed by atoms with Gasteiger partial charge in [-0.2, -0.15) is 0 Å². The van der Waals surface area contributed by atoms with Crippen molar-refractivity contribution < 1.29 is 14.3 Å². The van der Waals surface area contributed by atoms with Gasteiger partial charge in [0.15, 0.2) is 0 Å². The van der Waals surface area contributed by atoms with Crippen molar-refractivity contribution in [1.82, 2.24) is 0 Å². The molecule has 1 fully saturated rings. The smallest absolute Gasteiger partial charge is 0.312 e. The first kappa shape index (κ1) is 20.5. The Kier molecular flexibility index (Phi) is 6.75. The van der Waals surface area contributed by atoms with E-state index in [1.807, 2.05) is 0 Å². The van der Waals surface area contributed by atoms with Crippen LogP contribution in [0.3, 0.4) is 0 Å². The first-order valence-corrected chi connectivity index (χ1v) is 10.1. The quantitative estimate of drug-likeness (QED) is 0.456. The number of carbonyl (C=O) groups excluding carboxylic acids is 1. The lowest BCUT2D eigenvalue weighted by molar-refractivity contribution is -0.156. The predicted molar refractivity (Wildman–Crippen MR) is 102 cm³/mol. The van der Waals surface area contributed by atoms with Crippen molar-refractivity contribution in [1.29, 1.82) is 0 Å². The third-order valence-corrected chi connectivity index (χ3v) is 7.43. The first-order valence-electron chi connectivity index (χ1n) is 10.1. The molecule has 0 bridgehead atoms. The third-order valence-electron chi connectivity index (χ3n) is 7.43. The van der Waals surface area contributed by atoms with Gasteiger partial charge in [0.05, 0.1) is 12.5 Å². The molecule has 0 aromatic rings. The standard InChI is InChI=1S/C22H38O3/c1-16(12-15-24-5)11-14-21(3)17(2)9-10-19-18(21)8-7-13-22(19,4)20(23)25-6/h8,16-17,19H,7,9-15H2,1-6H3/t16-,17-,19+,21+,22+/m0/s1. The molecule has 0 aromatic heterocycles. The van der Waals surface area contributed by atoms with Crippen molar-refractivity contribution in [2.75, 3.05) is 20.8 Å². The maximum atomic E-state index is 12.6. The maximum absolute atomic E-state index is 12.6. The molecule has 3 heteroatoms. The Hall–Kier alpha value is -0.830. The van der Waals surface area contributed by atoms with Crippen LogP contribution in [0.5, 0.6) is 0 Å². The first-order chi connectivity index (χ1) is 11.8. The number of carbonyl (C=O) groups is 1. The molecule has 0 saturated heterocycles. The van der Waals surface area contributed by atoms with Crippen LogP contribution >= 0.6 is 0 Å². The molecular formula is C22H38O3. The van der Waals surface area contributed by atoms with E-state index in [4.69, 9.17) is 9.47 Å². The SMILES string of the molecule is COCC[C@@H](C)CC[C@@]1(C)C2=CCC[C@@](C)(C(=O)OC)[C@@H]2CC[C@@H]1C. The van der Waals surface area contributed by atoms with E-state index in [-0.39, 0.29) is 16.8 Å². The number of ether oxygens (including phenoxy) is 2. The van der Waals surface area contributed by atoms with Crippen molar-refractivity contribution in [3.8, 4) is 0 Å². The summed E-state index contributed by atoms with van der Waals surface area (Å²) >= 11 is 0. The van der Waals surface area contributed by atoms with Crippen LogP contribution in [0.1, 0.15) is 72.6 Å². The lowest BCUT2D eigenvalue weighted by Crippen LogP contribution is -2.47. The lowest BCUT2D eigenvalue weighted by atomic mass is 9.51. The van der Waals surface area contributed by atoms with Crippen LogP contribution in [0.2, 0.25) is 0 Å². The van der Waals surface area contributed by atoms with Crippen LogP contribution in [0.15, 0.2) is 11.6 Å². The largest absolute Gasteiger partial charge is 0.469 e. The van der Waals surface area contributed by atoms with E-state index in [1.165, 1.54) is 26.4 Å². The van der Waals surface area contributed by atoms with Crippen molar-refractivity contribution in [2.45, 2.75) is 72.6 Å². The van der Waals surface area contributed by atoms with E-state index in [2.05, 4.69) is 33.8 Å². The molecule has 5 atom stereocenters. The van der Waals surface area contributed by atoms with Gasteiger partial charge in [-0.1, -0.05) is 32.4 Å². The summed E-state index contributed by atoms with van der Waals surface area (Å²) in [6, 6.07) is 0. The molecule has 0 N–H and O–H groups in total. The second-order valence-corrected chi connectivity index (χ2v) is 8.98. The Morgan fingerprint density at radius 3 is 2.64 bits per heavy atom. The molecule has 0 aliphatic heterocycles. The predicted octanol–water partition coefficient (Wildman–Crippen LogP) is 5.39. The fourth-order valence-electron chi connectivity index (χ4n) is 5.19. The number of hydrogen-bond donors (Lipinski definition) is 0. The third kappa shape index (κ3) is 3.97. The summed E-state index contributed by atoms with van der Waals surface area (Å²) in [6.45, 7) is 10.2. The topological polar surface area (TPSA) is 35.5 Å². The van der Waals surface area contributed by atoms with Crippen LogP contribution in [0.4, 0.5) is 0 Å². The molecule has 0 amide bonds. The van der Waals surface area contributed by atoms with Gasteiger partial charge in [-0.25, -0.2) is 0 Å². The second-order valence-electron chi connectivity index (χ2n) is 8.98. The number of methoxy groups -OCH3 is 2. The highest BCUT2D eigenvalue weighted by atomic mass is 16.5. The van der Waals surface area contributed by atoms with E-state index in [1.54, 1.807) is 12.7 Å². The minimum Gasteiger partial charge on any atom is -0.469 e. The average molecular weight is 351 g/mol. The van der Waals surface area contributed by atoms with Gasteiger partial charge in [-0.3, -0.25) is 4.79 Å². The van der Waals surface area contributed by atoms with Gasteiger partial charge >= 0.3 is 5.97 Å². The monoisotopic (exact) mass is 350 g/mol. The molecule has 0 unspecified atom stereocenters. The van der Waals surface area contributed by atoms with E-state index in [0.717, 1.165) is 32.3 Å². The van der Waals surface area contributed by atoms with Crippen molar-refractivity contribution in [2.24, 2.45) is 28.6 Å². The molecule has 0 radical (unpaired) electrons. The fraction of sp³-hybridized carbons (Fsp3) is 0.864. The molecule has 1 saturated carbocycles. The van der Waals surface area contributed by atoms with Gasteiger partial charge in [-0.15, -0.1) is 0 Å². The summed E-state index contributed by atoms with van der Waals surface area (Å²) in [5.74, 6) is 1.68. The molecule has 0 aromatic carbocycles. The average Bonchev–Trinajstić information content (AvgIpc) is 2.61. The normalized spacial score (nSPS) is 36.3. The highest BCUT2D eigenvalue weighted by Gasteiger charge is 2.52. The van der Waals surface area contributed by atoms with E-state index in [0.29, 0.717) is 17.8 Å². The highest BCUT2D eigenvalue weighted by Crippen LogP contribution is 2.58. The Bertz CT molecular complexity index is 498. The molecule has 2 rings (SSSR count). The minimum atomic E-state index is -0.345. The summed E-state index contributed by atoms with van der Waals surface area (Å²) in [7, 11) is 3.32.